The summed E-state index contributed by atoms with van der Waals surface area (Å²) in [5, 5.41) is 10.8. The summed E-state index contributed by atoms with van der Waals surface area (Å²) in [6.07, 6.45) is -4.60. The molecule has 1 aromatic carbocycles. The largest absolute Gasteiger partial charge is 0.475 e. The molecule has 0 bridgehead atoms. The molecule has 0 aliphatic rings. The number of aromatic carboxylic acids is 1. The minimum absolute atomic E-state index is 0.102. The maximum atomic E-state index is 12.7. The van der Waals surface area contributed by atoms with Gasteiger partial charge in [0.1, 0.15) is 11.5 Å². The molecule has 0 aliphatic heterocycles. The second kappa shape index (κ2) is 7.92. The molecule has 0 fully saturated rings. The van der Waals surface area contributed by atoms with Gasteiger partial charge in [0.2, 0.25) is 11.7 Å². The molecular formula is C15H11ClF3NO5S. The quantitative estimate of drug-likeness (QED) is 0.760. The lowest BCUT2D eigenvalue weighted by atomic mass is 10.2. The van der Waals surface area contributed by atoms with Gasteiger partial charge in [-0.15, -0.1) is 0 Å². The first-order valence-corrected chi connectivity index (χ1v) is 8.76. The van der Waals surface area contributed by atoms with Crippen molar-refractivity contribution in [1.82, 2.24) is 0 Å². The van der Waals surface area contributed by atoms with Gasteiger partial charge in [0.05, 0.1) is 22.0 Å². The van der Waals surface area contributed by atoms with E-state index in [0.29, 0.717) is 6.07 Å². The van der Waals surface area contributed by atoms with Gasteiger partial charge in [-0.3, -0.25) is 9.00 Å². The number of hydrogen-bond acceptors (Lipinski definition) is 4. The van der Waals surface area contributed by atoms with Crippen LogP contribution in [0.1, 0.15) is 21.9 Å². The van der Waals surface area contributed by atoms with Crippen LogP contribution >= 0.6 is 11.6 Å². The fourth-order valence-corrected chi connectivity index (χ4v) is 3.01. The molecular weight excluding hydrogens is 399 g/mol. The zero-order valence-corrected chi connectivity index (χ0v) is 14.4. The monoisotopic (exact) mass is 409 g/mol. The average Bonchev–Trinajstić information content (AvgIpc) is 2.96. The Kier molecular flexibility index (Phi) is 6.09. The van der Waals surface area contributed by atoms with Gasteiger partial charge in [-0.25, -0.2) is 4.79 Å². The zero-order valence-electron chi connectivity index (χ0n) is 12.8. The zero-order chi connectivity index (χ0) is 19.5. The van der Waals surface area contributed by atoms with Crippen molar-refractivity contribution in [2.75, 3.05) is 11.1 Å². The molecule has 1 aromatic heterocycles. The molecule has 1 unspecified atom stereocenters. The van der Waals surface area contributed by atoms with Crippen LogP contribution in [0, 0.1) is 0 Å². The highest BCUT2D eigenvalue weighted by atomic mass is 35.5. The van der Waals surface area contributed by atoms with Gasteiger partial charge in [0, 0.05) is 10.8 Å². The Balaban J connectivity index is 1.99. The number of anilines is 1. The Morgan fingerprint density at radius 3 is 2.50 bits per heavy atom. The van der Waals surface area contributed by atoms with E-state index in [2.05, 4.69) is 5.32 Å². The molecule has 11 heteroatoms. The van der Waals surface area contributed by atoms with Crippen LogP contribution in [0.25, 0.3) is 0 Å². The fourth-order valence-electron chi connectivity index (χ4n) is 1.91. The summed E-state index contributed by atoms with van der Waals surface area (Å²) in [7, 11) is -1.77. The smallest absolute Gasteiger partial charge is 0.416 e. The van der Waals surface area contributed by atoms with Crippen molar-refractivity contribution in [3.8, 4) is 0 Å². The Hall–Kier alpha value is -2.33. The number of benzene rings is 1. The molecule has 2 N–H and O–H groups in total. The minimum Gasteiger partial charge on any atom is -0.475 e. The average molecular weight is 410 g/mol. The summed E-state index contributed by atoms with van der Waals surface area (Å²) in [6, 6.07) is 4.93. The second-order valence-electron chi connectivity index (χ2n) is 5.04. The number of carbonyl (C=O) groups excluding carboxylic acids is 1. The third kappa shape index (κ3) is 5.33. The number of rotatable bonds is 6. The molecule has 1 amide bonds. The first kappa shape index (κ1) is 20.0. The molecule has 26 heavy (non-hydrogen) atoms. The predicted octanol–water partition coefficient (Wildman–Crippen LogP) is 3.54. The molecule has 140 valence electrons. The van der Waals surface area contributed by atoms with Gasteiger partial charge >= 0.3 is 12.1 Å². The lowest BCUT2D eigenvalue weighted by Crippen LogP contribution is -2.20. The normalized spacial score (nSPS) is 12.6. The van der Waals surface area contributed by atoms with Gasteiger partial charge in [0.15, 0.2) is 0 Å². The predicted molar refractivity (Wildman–Crippen MR) is 87.5 cm³/mol. The van der Waals surface area contributed by atoms with Crippen molar-refractivity contribution in [3.63, 3.8) is 0 Å². The maximum absolute atomic E-state index is 12.7. The van der Waals surface area contributed by atoms with E-state index >= 15 is 0 Å². The second-order valence-corrected chi connectivity index (χ2v) is 6.90. The Morgan fingerprint density at radius 2 is 1.92 bits per heavy atom. The highest BCUT2D eigenvalue weighted by molar-refractivity contribution is 7.84. The van der Waals surface area contributed by atoms with Crippen molar-refractivity contribution in [2.24, 2.45) is 0 Å². The molecule has 6 nitrogen and oxygen atoms in total. The van der Waals surface area contributed by atoms with E-state index < -0.39 is 40.2 Å². The van der Waals surface area contributed by atoms with E-state index in [0.717, 1.165) is 12.1 Å². The van der Waals surface area contributed by atoms with Gasteiger partial charge in [-0.1, -0.05) is 11.6 Å². The van der Waals surface area contributed by atoms with Crippen molar-refractivity contribution >= 4 is 40.0 Å². The van der Waals surface area contributed by atoms with Crippen LogP contribution in [-0.4, -0.2) is 26.9 Å². The SMILES string of the molecule is O=C(CS(=O)Cc1ccc(C(=O)O)o1)Nc1cc(C(F)(F)F)ccc1Cl. The number of furan rings is 1. The van der Waals surface area contributed by atoms with E-state index in [-0.39, 0.29) is 28.0 Å². The molecule has 0 radical (unpaired) electrons. The van der Waals surface area contributed by atoms with E-state index in [1.165, 1.54) is 12.1 Å². The van der Waals surface area contributed by atoms with Crippen LogP contribution in [-0.2, 0) is 27.5 Å². The minimum atomic E-state index is -4.60. The lowest BCUT2D eigenvalue weighted by molar-refractivity contribution is -0.137. The van der Waals surface area contributed by atoms with Crippen molar-refractivity contribution in [3.05, 3.63) is 52.4 Å². The number of carboxylic acid groups (broad SMARTS) is 1. The fraction of sp³-hybridized carbons (Fsp3) is 0.200. The van der Waals surface area contributed by atoms with Crippen LogP contribution < -0.4 is 5.32 Å². The third-order valence-corrected chi connectivity index (χ3v) is 4.56. The van der Waals surface area contributed by atoms with Gasteiger partial charge in [0.25, 0.3) is 0 Å². The summed E-state index contributed by atoms with van der Waals surface area (Å²) in [6.45, 7) is 0. The van der Waals surface area contributed by atoms with Crippen LogP contribution in [0.5, 0.6) is 0 Å². The van der Waals surface area contributed by atoms with E-state index in [4.69, 9.17) is 21.1 Å². The molecule has 0 saturated heterocycles. The van der Waals surface area contributed by atoms with Crippen LogP contribution in [0.4, 0.5) is 18.9 Å². The third-order valence-electron chi connectivity index (χ3n) is 3.04. The summed E-state index contributed by atoms with van der Waals surface area (Å²) >= 11 is 5.76. The Morgan fingerprint density at radius 1 is 1.23 bits per heavy atom. The number of halogens is 4. The molecule has 0 spiro atoms. The van der Waals surface area contributed by atoms with Gasteiger partial charge < -0.3 is 14.8 Å². The highest BCUT2D eigenvalue weighted by Crippen LogP contribution is 2.33. The van der Waals surface area contributed by atoms with Gasteiger partial charge in [-0.05, 0) is 30.3 Å². The number of carboxylic acids is 1. The first-order chi connectivity index (χ1) is 12.1. The summed E-state index contributed by atoms with van der Waals surface area (Å²) < 4.78 is 54.9. The number of hydrogen-bond donors (Lipinski definition) is 2. The molecule has 2 rings (SSSR count). The summed E-state index contributed by atoms with van der Waals surface area (Å²) in [5.41, 5.74) is -1.25. The molecule has 1 heterocycles. The van der Waals surface area contributed by atoms with Crippen LogP contribution in [0.15, 0.2) is 34.7 Å². The van der Waals surface area contributed by atoms with Crippen molar-refractivity contribution in [2.45, 2.75) is 11.9 Å². The number of nitrogens with one attached hydrogen (secondary N) is 1. The molecule has 0 aliphatic carbocycles. The van der Waals surface area contributed by atoms with Crippen LogP contribution in [0.3, 0.4) is 0 Å². The highest BCUT2D eigenvalue weighted by Gasteiger charge is 2.31. The number of alkyl halides is 3. The standard InChI is InChI=1S/C15H11ClF3NO5S/c16-10-3-1-8(15(17,18)19)5-11(10)20-13(21)7-26(24)6-9-2-4-12(25-9)14(22)23/h1-5H,6-7H2,(H,20,21)(H,22,23). The van der Waals surface area contributed by atoms with Crippen molar-refractivity contribution < 1.29 is 36.5 Å². The molecule has 2 aromatic rings. The summed E-state index contributed by atoms with van der Waals surface area (Å²) in [4.78, 5) is 22.6. The summed E-state index contributed by atoms with van der Waals surface area (Å²) in [5.74, 6) is -3.09. The lowest BCUT2D eigenvalue weighted by Gasteiger charge is -2.11. The Labute approximate surface area is 152 Å². The number of carbonyl (C=O) groups is 2. The first-order valence-electron chi connectivity index (χ1n) is 6.90. The van der Waals surface area contributed by atoms with E-state index in [9.17, 15) is 27.0 Å². The number of amides is 1. The molecule has 1 atom stereocenters. The van der Waals surface area contributed by atoms with Crippen molar-refractivity contribution in [1.29, 1.82) is 0 Å². The van der Waals surface area contributed by atoms with E-state index in [1.807, 2.05) is 0 Å². The Bertz CT molecular complexity index is 865. The van der Waals surface area contributed by atoms with Crippen LogP contribution in [0.2, 0.25) is 5.02 Å². The maximum Gasteiger partial charge on any atom is 0.416 e. The molecule has 0 saturated carbocycles. The van der Waals surface area contributed by atoms with E-state index in [1.54, 1.807) is 0 Å². The van der Waals surface area contributed by atoms with Gasteiger partial charge in [-0.2, -0.15) is 13.2 Å². The topological polar surface area (TPSA) is 96.6 Å².